The normalized spacial score (nSPS) is 11.7. The van der Waals surface area contributed by atoms with Crippen LogP contribution in [0.3, 0.4) is 0 Å². The highest BCUT2D eigenvalue weighted by atomic mass is 19.1. The van der Waals surface area contributed by atoms with Crippen LogP contribution in [0.15, 0.2) is 48.5 Å². The molecule has 0 saturated carbocycles. The molecule has 0 aliphatic carbocycles. The second-order valence-corrected chi connectivity index (χ2v) is 7.14. The van der Waals surface area contributed by atoms with Crippen LogP contribution in [-0.4, -0.2) is 29.3 Å². The third-order valence-corrected chi connectivity index (χ3v) is 5.06. The van der Waals surface area contributed by atoms with Crippen LogP contribution in [0.25, 0.3) is 0 Å². The third kappa shape index (κ3) is 6.70. The quantitative estimate of drug-likeness (QED) is 0.650. The molecule has 0 aliphatic heterocycles. The van der Waals surface area contributed by atoms with E-state index in [1.54, 1.807) is 17.0 Å². The van der Waals surface area contributed by atoms with Crippen LogP contribution in [0.1, 0.15) is 50.3 Å². The number of hydrogen-bond acceptors (Lipinski definition) is 2. The van der Waals surface area contributed by atoms with Gasteiger partial charge >= 0.3 is 0 Å². The van der Waals surface area contributed by atoms with Crippen molar-refractivity contribution in [3.05, 3.63) is 71.0 Å². The SMILES string of the molecule is CCNC(=O)[C@@H](CC)N(Cc1ccc(F)cc1)C(=O)CCc1ccc(CC)cc1. The van der Waals surface area contributed by atoms with Crippen molar-refractivity contribution in [2.45, 2.75) is 59.0 Å². The van der Waals surface area contributed by atoms with Gasteiger partial charge in [-0.3, -0.25) is 9.59 Å². The number of hydrogen-bond donors (Lipinski definition) is 1. The van der Waals surface area contributed by atoms with Crippen molar-refractivity contribution in [1.29, 1.82) is 0 Å². The first-order valence-corrected chi connectivity index (χ1v) is 10.4. The number of carbonyl (C=O) groups is 2. The topological polar surface area (TPSA) is 49.4 Å². The molecule has 5 heteroatoms. The van der Waals surface area contributed by atoms with E-state index in [0.29, 0.717) is 25.8 Å². The van der Waals surface area contributed by atoms with Gasteiger partial charge in [-0.2, -0.15) is 0 Å². The van der Waals surface area contributed by atoms with Crippen molar-refractivity contribution in [2.75, 3.05) is 6.54 Å². The van der Waals surface area contributed by atoms with Gasteiger partial charge in [-0.05, 0) is 55.0 Å². The Balaban J connectivity index is 2.15. The second-order valence-electron chi connectivity index (χ2n) is 7.14. The van der Waals surface area contributed by atoms with Crippen molar-refractivity contribution in [3.63, 3.8) is 0 Å². The maximum absolute atomic E-state index is 13.3. The smallest absolute Gasteiger partial charge is 0.242 e. The monoisotopic (exact) mass is 398 g/mol. The Hall–Kier alpha value is -2.69. The zero-order valence-electron chi connectivity index (χ0n) is 17.6. The van der Waals surface area contributed by atoms with E-state index in [9.17, 15) is 14.0 Å². The molecule has 0 aliphatic rings. The summed E-state index contributed by atoms with van der Waals surface area (Å²) in [5, 5.41) is 2.82. The third-order valence-electron chi connectivity index (χ3n) is 5.06. The molecule has 0 unspecified atom stereocenters. The molecule has 2 aromatic rings. The summed E-state index contributed by atoms with van der Waals surface area (Å²) in [6.07, 6.45) is 2.44. The highest BCUT2D eigenvalue weighted by molar-refractivity contribution is 5.87. The molecular weight excluding hydrogens is 367 g/mol. The van der Waals surface area contributed by atoms with Crippen LogP contribution in [0.5, 0.6) is 0 Å². The van der Waals surface area contributed by atoms with Gasteiger partial charge in [0.2, 0.25) is 11.8 Å². The molecule has 2 amide bonds. The Kier molecular flexibility index (Phi) is 8.84. The highest BCUT2D eigenvalue weighted by Crippen LogP contribution is 2.16. The number of rotatable bonds is 10. The van der Waals surface area contributed by atoms with Gasteiger partial charge in [0.15, 0.2) is 0 Å². The second kappa shape index (κ2) is 11.3. The van der Waals surface area contributed by atoms with Crippen LogP contribution in [0.2, 0.25) is 0 Å². The Morgan fingerprint density at radius 2 is 1.52 bits per heavy atom. The molecule has 2 rings (SSSR count). The van der Waals surface area contributed by atoms with Gasteiger partial charge in [-0.1, -0.05) is 50.2 Å². The largest absolute Gasteiger partial charge is 0.355 e. The van der Waals surface area contributed by atoms with Gasteiger partial charge in [0.1, 0.15) is 11.9 Å². The molecule has 0 aromatic heterocycles. The van der Waals surface area contributed by atoms with Gasteiger partial charge in [0.05, 0.1) is 0 Å². The molecule has 0 saturated heterocycles. The van der Waals surface area contributed by atoms with E-state index in [-0.39, 0.29) is 24.2 Å². The molecule has 2 aromatic carbocycles. The molecule has 1 atom stereocenters. The zero-order chi connectivity index (χ0) is 21.2. The van der Waals surface area contributed by atoms with Crippen molar-refractivity contribution >= 4 is 11.8 Å². The summed E-state index contributed by atoms with van der Waals surface area (Å²) >= 11 is 0. The maximum atomic E-state index is 13.3. The van der Waals surface area contributed by atoms with Crippen LogP contribution in [-0.2, 0) is 29.0 Å². The predicted octanol–water partition coefficient (Wildman–Crippen LogP) is 4.26. The highest BCUT2D eigenvalue weighted by Gasteiger charge is 2.28. The Morgan fingerprint density at radius 3 is 2.07 bits per heavy atom. The molecule has 0 radical (unpaired) electrons. The first kappa shape index (κ1) is 22.6. The molecule has 4 nitrogen and oxygen atoms in total. The van der Waals surface area contributed by atoms with Gasteiger partial charge in [0.25, 0.3) is 0 Å². The lowest BCUT2D eigenvalue weighted by Gasteiger charge is -2.30. The number of carbonyl (C=O) groups excluding carboxylic acids is 2. The van der Waals surface area contributed by atoms with E-state index in [0.717, 1.165) is 17.5 Å². The fourth-order valence-electron chi connectivity index (χ4n) is 3.33. The molecular formula is C24H31FN2O2. The minimum absolute atomic E-state index is 0.0769. The first-order chi connectivity index (χ1) is 14.0. The number of likely N-dealkylation sites (N-methyl/N-ethyl adjacent to an activating group) is 1. The maximum Gasteiger partial charge on any atom is 0.242 e. The summed E-state index contributed by atoms with van der Waals surface area (Å²) in [6.45, 7) is 6.66. The summed E-state index contributed by atoms with van der Waals surface area (Å²) in [4.78, 5) is 27.3. The Bertz CT molecular complexity index is 788. The van der Waals surface area contributed by atoms with Gasteiger partial charge in [-0.15, -0.1) is 0 Å². The molecule has 156 valence electrons. The number of amides is 2. The van der Waals surface area contributed by atoms with Crippen molar-refractivity contribution in [3.8, 4) is 0 Å². The minimum atomic E-state index is -0.546. The first-order valence-electron chi connectivity index (χ1n) is 10.4. The summed E-state index contributed by atoms with van der Waals surface area (Å²) in [7, 11) is 0. The van der Waals surface area contributed by atoms with E-state index in [1.807, 2.05) is 13.8 Å². The number of halogens is 1. The molecule has 1 N–H and O–H groups in total. The fourth-order valence-corrected chi connectivity index (χ4v) is 3.33. The molecule has 0 bridgehead atoms. The standard InChI is InChI=1S/C24H31FN2O2/c1-4-18-7-9-19(10-8-18)13-16-23(28)27(22(5-2)24(29)26-6-3)17-20-11-14-21(25)15-12-20/h7-12,14-15,22H,4-6,13,16-17H2,1-3H3,(H,26,29)/t22-/m1/s1. The van der Waals surface area contributed by atoms with Crippen LogP contribution in [0, 0.1) is 5.82 Å². The molecule has 0 fully saturated rings. The summed E-state index contributed by atoms with van der Waals surface area (Å²) in [5.74, 6) is -0.553. The Labute approximate surface area is 173 Å². The van der Waals surface area contributed by atoms with Crippen molar-refractivity contribution in [2.24, 2.45) is 0 Å². The lowest BCUT2D eigenvalue weighted by molar-refractivity contribution is -0.141. The van der Waals surface area contributed by atoms with Gasteiger partial charge in [0, 0.05) is 19.5 Å². The lowest BCUT2D eigenvalue weighted by Crippen LogP contribution is -2.49. The average Bonchev–Trinajstić information content (AvgIpc) is 2.73. The van der Waals surface area contributed by atoms with Crippen LogP contribution >= 0.6 is 0 Å². The molecule has 29 heavy (non-hydrogen) atoms. The minimum Gasteiger partial charge on any atom is -0.355 e. The molecule has 0 spiro atoms. The van der Waals surface area contributed by atoms with Crippen molar-refractivity contribution in [1.82, 2.24) is 10.2 Å². The van der Waals surface area contributed by atoms with Crippen LogP contribution in [0.4, 0.5) is 4.39 Å². The van der Waals surface area contributed by atoms with Gasteiger partial charge in [-0.25, -0.2) is 4.39 Å². The summed E-state index contributed by atoms with van der Waals surface area (Å²) in [6, 6.07) is 13.8. The lowest BCUT2D eigenvalue weighted by atomic mass is 10.0. The molecule has 0 heterocycles. The van der Waals surface area contributed by atoms with E-state index >= 15 is 0 Å². The number of benzene rings is 2. The van der Waals surface area contributed by atoms with Crippen molar-refractivity contribution < 1.29 is 14.0 Å². The van der Waals surface area contributed by atoms with E-state index in [2.05, 4.69) is 36.5 Å². The number of nitrogens with zero attached hydrogens (tertiary/aromatic N) is 1. The Morgan fingerprint density at radius 1 is 0.931 bits per heavy atom. The average molecular weight is 399 g/mol. The zero-order valence-corrected chi connectivity index (χ0v) is 17.6. The van der Waals surface area contributed by atoms with E-state index in [1.165, 1.54) is 17.7 Å². The van der Waals surface area contributed by atoms with E-state index in [4.69, 9.17) is 0 Å². The van der Waals surface area contributed by atoms with E-state index < -0.39 is 6.04 Å². The summed E-state index contributed by atoms with van der Waals surface area (Å²) < 4.78 is 13.3. The predicted molar refractivity (Wildman–Crippen MR) is 114 cm³/mol. The van der Waals surface area contributed by atoms with Crippen LogP contribution < -0.4 is 5.32 Å². The summed E-state index contributed by atoms with van der Waals surface area (Å²) in [5.41, 5.74) is 3.17. The van der Waals surface area contributed by atoms with Gasteiger partial charge < -0.3 is 10.2 Å². The number of aryl methyl sites for hydroxylation is 2. The fraction of sp³-hybridized carbons (Fsp3) is 0.417. The number of nitrogens with one attached hydrogen (secondary N) is 1.